The molecule has 1 aromatic rings. The largest absolute Gasteiger partial charge is 0.418 e. The number of benzene rings is 1. The Balaban J connectivity index is 3.25. The van der Waals surface area contributed by atoms with Crippen molar-refractivity contribution in [1.82, 2.24) is 0 Å². The van der Waals surface area contributed by atoms with E-state index < -0.39 is 18.3 Å². The average molecular weight is 300 g/mol. The number of nitrogens with zero attached hydrogens (tertiary/aromatic N) is 2. The third-order valence-corrected chi connectivity index (χ3v) is 2.97. The van der Waals surface area contributed by atoms with Gasteiger partial charge in [-0.25, -0.2) is 0 Å². The van der Waals surface area contributed by atoms with Gasteiger partial charge in [0, 0.05) is 18.8 Å². The molecule has 0 radical (unpaired) electrons. The van der Waals surface area contributed by atoms with Crippen molar-refractivity contribution in [2.24, 2.45) is 5.92 Å². The average Bonchev–Trinajstić information content (AvgIpc) is 2.41. The van der Waals surface area contributed by atoms with E-state index in [0.717, 1.165) is 6.07 Å². The standard InChI is InChI=1S/C15H19F3N2O/c1-11(2)9-20(7-3-6-19)14-5-4-12(10-21)8-13(14)15(16,17)18/h4-5,8,11,21H,3,7,9-10H2,1-2H3. The maximum Gasteiger partial charge on any atom is 0.418 e. The summed E-state index contributed by atoms with van der Waals surface area (Å²) in [6.07, 6.45) is -4.34. The molecule has 0 spiro atoms. The van der Waals surface area contributed by atoms with E-state index in [-0.39, 0.29) is 30.1 Å². The Hall–Kier alpha value is -1.74. The fourth-order valence-corrected chi connectivity index (χ4v) is 2.12. The first-order valence-electron chi connectivity index (χ1n) is 6.72. The highest BCUT2D eigenvalue weighted by molar-refractivity contribution is 5.56. The van der Waals surface area contributed by atoms with E-state index in [1.54, 1.807) is 4.90 Å². The minimum absolute atomic E-state index is 0.0589. The van der Waals surface area contributed by atoms with Crippen molar-refractivity contribution >= 4 is 5.69 Å². The van der Waals surface area contributed by atoms with Crippen LogP contribution in [0.1, 0.15) is 31.4 Å². The van der Waals surface area contributed by atoms with Gasteiger partial charge in [0.2, 0.25) is 0 Å². The van der Waals surface area contributed by atoms with Crippen LogP contribution in [0.5, 0.6) is 0 Å². The predicted octanol–water partition coefficient (Wildman–Crippen LogP) is 3.57. The van der Waals surface area contributed by atoms with Crippen LogP contribution in [0.15, 0.2) is 18.2 Å². The predicted molar refractivity (Wildman–Crippen MR) is 74.6 cm³/mol. The van der Waals surface area contributed by atoms with Gasteiger partial charge in [0.05, 0.1) is 24.7 Å². The lowest BCUT2D eigenvalue weighted by atomic mass is 10.1. The van der Waals surface area contributed by atoms with Crippen LogP contribution in [0.25, 0.3) is 0 Å². The lowest BCUT2D eigenvalue weighted by Gasteiger charge is -2.29. The van der Waals surface area contributed by atoms with Gasteiger partial charge in [-0.05, 0) is 23.6 Å². The molecule has 0 heterocycles. The summed E-state index contributed by atoms with van der Waals surface area (Å²) in [7, 11) is 0. The third-order valence-electron chi connectivity index (χ3n) is 2.97. The van der Waals surface area contributed by atoms with Gasteiger partial charge in [-0.2, -0.15) is 18.4 Å². The van der Waals surface area contributed by atoms with E-state index in [1.807, 2.05) is 19.9 Å². The minimum Gasteiger partial charge on any atom is -0.392 e. The quantitative estimate of drug-likeness (QED) is 0.873. The molecule has 0 saturated heterocycles. The molecule has 116 valence electrons. The Kier molecular flexibility index (Phi) is 6.03. The highest BCUT2D eigenvalue weighted by Gasteiger charge is 2.35. The van der Waals surface area contributed by atoms with Crippen LogP contribution in [0.4, 0.5) is 18.9 Å². The highest BCUT2D eigenvalue weighted by atomic mass is 19.4. The molecule has 1 rings (SSSR count). The number of rotatable bonds is 6. The fraction of sp³-hybridized carbons (Fsp3) is 0.533. The first-order valence-corrected chi connectivity index (χ1v) is 6.72. The molecule has 1 aromatic carbocycles. The van der Waals surface area contributed by atoms with E-state index in [4.69, 9.17) is 10.4 Å². The van der Waals surface area contributed by atoms with E-state index >= 15 is 0 Å². The van der Waals surface area contributed by atoms with Crippen molar-refractivity contribution in [3.8, 4) is 6.07 Å². The third kappa shape index (κ3) is 4.94. The van der Waals surface area contributed by atoms with Crippen molar-refractivity contribution < 1.29 is 18.3 Å². The second kappa shape index (κ2) is 7.32. The molecule has 0 aliphatic heterocycles. The van der Waals surface area contributed by atoms with E-state index in [0.29, 0.717) is 6.54 Å². The van der Waals surface area contributed by atoms with E-state index in [1.165, 1.54) is 12.1 Å². The van der Waals surface area contributed by atoms with Gasteiger partial charge in [0.15, 0.2) is 0 Å². The summed E-state index contributed by atoms with van der Waals surface area (Å²) in [5.74, 6) is 0.169. The second-order valence-corrected chi connectivity index (χ2v) is 5.26. The fourth-order valence-electron chi connectivity index (χ4n) is 2.12. The van der Waals surface area contributed by atoms with Crippen LogP contribution < -0.4 is 4.90 Å². The smallest absolute Gasteiger partial charge is 0.392 e. The SMILES string of the molecule is CC(C)CN(CCC#N)c1ccc(CO)cc1C(F)(F)F. The van der Waals surface area contributed by atoms with Gasteiger partial charge in [-0.3, -0.25) is 0 Å². The lowest BCUT2D eigenvalue weighted by molar-refractivity contribution is -0.137. The molecule has 0 aromatic heterocycles. The van der Waals surface area contributed by atoms with Gasteiger partial charge < -0.3 is 10.0 Å². The van der Waals surface area contributed by atoms with Crippen molar-refractivity contribution in [2.45, 2.75) is 33.1 Å². The van der Waals surface area contributed by atoms with Gasteiger partial charge in [0.1, 0.15) is 0 Å². The van der Waals surface area contributed by atoms with E-state index in [2.05, 4.69) is 0 Å². The summed E-state index contributed by atoms with van der Waals surface area (Å²) in [4.78, 5) is 1.58. The van der Waals surface area contributed by atoms with Crippen LogP contribution in [0.3, 0.4) is 0 Å². The van der Waals surface area contributed by atoms with Crippen LogP contribution in [0, 0.1) is 17.2 Å². The van der Waals surface area contributed by atoms with Crippen LogP contribution in [-0.4, -0.2) is 18.2 Å². The Morgan fingerprint density at radius 3 is 2.48 bits per heavy atom. The normalized spacial score (nSPS) is 11.5. The molecule has 0 fully saturated rings. The van der Waals surface area contributed by atoms with Gasteiger partial charge in [-0.15, -0.1) is 0 Å². The molecular weight excluding hydrogens is 281 g/mol. The van der Waals surface area contributed by atoms with Crippen molar-refractivity contribution in [3.05, 3.63) is 29.3 Å². The van der Waals surface area contributed by atoms with Crippen LogP contribution in [-0.2, 0) is 12.8 Å². The molecule has 1 N–H and O–H groups in total. The van der Waals surface area contributed by atoms with Crippen LogP contribution in [0.2, 0.25) is 0 Å². The number of hydrogen-bond donors (Lipinski definition) is 1. The second-order valence-electron chi connectivity index (χ2n) is 5.26. The molecule has 0 bridgehead atoms. The number of halogens is 3. The van der Waals surface area contributed by atoms with Crippen LogP contribution >= 0.6 is 0 Å². The number of alkyl halides is 3. The minimum atomic E-state index is -4.50. The Morgan fingerprint density at radius 1 is 1.33 bits per heavy atom. The molecule has 0 amide bonds. The molecule has 6 heteroatoms. The van der Waals surface area contributed by atoms with Gasteiger partial charge in [0.25, 0.3) is 0 Å². The lowest BCUT2D eigenvalue weighted by Crippen LogP contribution is -2.30. The molecule has 0 unspecified atom stereocenters. The summed E-state index contributed by atoms with van der Waals surface area (Å²) in [6, 6.07) is 5.77. The first kappa shape index (κ1) is 17.3. The summed E-state index contributed by atoms with van der Waals surface area (Å²) < 4.78 is 39.6. The zero-order chi connectivity index (χ0) is 16.0. The number of aliphatic hydroxyl groups is 1. The van der Waals surface area contributed by atoms with Crippen molar-refractivity contribution in [1.29, 1.82) is 5.26 Å². The number of hydrogen-bond acceptors (Lipinski definition) is 3. The van der Waals surface area contributed by atoms with E-state index in [9.17, 15) is 13.2 Å². The zero-order valence-electron chi connectivity index (χ0n) is 12.1. The number of aliphatic hydroxyl groups excluding tert-OH is 1. The van der Waals surface area contributed by atoms with Crippen molar-refractivity contribution in [3.63, 3.8) is 0 Å². The van der Waals surface area contributed by atoms with Gasteiger partial charge in [-0.1, -0.05) is 19.9 Å². The maximum atomic E-state index is 13.2. The summed E-state index contributed by atoms with van der Waals surface area (Å²) in [5, 5.41) is 17.7. The summed E-state index contributed by atoms with van der Waals surface area (Å²) in [5.41, 5.74) is -0.493. The van der Waals surface area contributed by atoms with Gasteiger partial charge >= 0.3 is 6.18 Å². The molecule has 21 heavy (non-hydrogen) atoms. The Labute approximate surface area is 122 Å². The molecule has 0 aliphatic carbocycles. The molecular formula is C15H19F3N2O. The number of anilines is 1. The molecule has 0 atom stereocenters. The maximum absolute atomic E-state index is 13.2. The highest BCUT2D eigenvalue weighted by Crippen LogP contribution is 2.37. The topological polar surface area (TPSA) is 47.3 Å². The molecule has 0 aliphatic rings. The molecule has 0 saturated carbocycles. The Morgan fingerprint density at radius 2 is 2.00 bits per heavy atom. The summed E-state index contributed by atoms with van der Waals surface area (Å²) >= 11 is 0. The monoisotopic (exact) mass is 300 g/mol. The number of nitriles is 1. The van der Waals surface area contributed by atoms with Crippen molar-refractivity contribution in [2.75, 3.05) is 18.0 Å². The zero-order valence-corrected chi connectivity index (χ0v) is 12.1. The molecule has 3 nitrogen and oxygen atoms in total. The Bertz CT molecular complexity index is 507. The first-order chi connectivity index (χ1) is 9.79. The summed E-state index contributed by atoms with van der Waals surface area (Å²) in [6.45, 7) is 4.06.